The molecular weight excluding hydrogens is 516 g/mol. The van der Waals surface area contributed by atoms with Crippen molar-refractivity contribution in [1.82, 2.24) is 20.5 Å². The number of methoxy groups -OCH3 is 1. The number of nitrogens with one attached hydrogen (secondary N) is 3. The molecule has 202 valence electrons. The summed E-state index contributed by atoms with van der Waals surface area (Å²) in [7, 11) is 1.22. The SMILES string of the molecule is COC(=O)c1c(C)[nH]c(C(=O)NC(C(=O)N[C@@H]2C(=O)N3[C@@H]2SC(C)(C)[C@@H]3C(=O)[O-])c2ccc(O)cc2)c1C. The number of phenols is 1. The molecule has 1 aromatic heterocycles. The summed E-state index contributed by atoms with van der Waals surface area (Å²) in [6, 6.07) is 2.14. The van der Waals surface area contributed by atoms with Gasteiger partial charge in [0.25, 0.3) is 5.91 Å². The van der Waals surface area contributed by atoms with E-state index in [-0.39, 0.29) is 17.0 Å². The number of carbonyl (C=O) groups is 5. The van der Waals surface area contributed by atoms with Gasteiger partial charge in [0.1, 0.15) is 28.9 Å². The Kier molecular flexibility index (Phi) is 6.91. The second-order valence-electron chi connectivity index (χ2n) is 9.68. The van der Waals surface area contributed by atoms with Crippen LogP contribution in [0.15, 0.2) is 24.3 Å². The van der Waals surface area contributed by atoms with Crippen LogP contribution in [0.5, 0.6) is 5.75 Å². The summed E-state index contributed by atoms with van der Waals surface area (Å²) in [5, 5.41) is 26.0. The average molecular weight is 544 g/mol. The zero-order chi connectivity index (χ0) is 28.1. The Morgan fingerprint density at radius 3 is 2.39 bits per heavy atom. The predicted octanol–water partition coefficient (Wildman–Crippen LogP) is -0.108. The van der Waals surface area contributed by atoms with E-state index >= 15 is 0 Å². The first-order chi connectivity index (χ1) is 17.8. The molecule has 3 heterocycles. The van der Waals surface area contributed by atoms with Crippen LogP contribution in [0.4, 0.5) is 0 Å². The van der Waals surface area contributed by atoms with Crippen molar-refractivity contribution in [3.05, 3.63) is 52.3 Å². The lowest BCUT2D eigenvalue weighted by Gasteiger charge is -2.45. The molecule has 2 aliphatic heterocycles. The first-order valence-corrected chi connectivity index (χ1v) is 12.5. The molecule has 0 radical (unpaired) electrons. The Hall–Kier alpha value is -4.00. The molecule has 1 unspecified atom stereocenters. The van der Waals surface area contributed by atoms with E-state index in [0.29, 0.717) is 16.8 Å². The van der Waals surface area contributed by atoms with Crippen LogP contribution in [0, 0.1) is 13.8 Å². The van der Waals surface area contributed by atoms with Crippen molar-refractivity contribution in [3.8, 4) is 5.75 Å². The summed E-state index contributed by atoms with van der Waals surface area (Å²) < 4.78 is 3.95. The first-order valence-electron chi connectivity index (χ1n) is 11.7. The fraction of sp³-hybridized carbons (Fsp3) is 0.400. The number of aromatic nitrogens is 1. The lowest BCUT2D eigenvalue weighted by atomic mass is 9.95. The molecule has 2 aromatic rings. The molecular formula is C25H27N4O8S-. The molecule has 0 spiro atoms. The second kappa shape index (κ2) is 9.71. The van der Waals surface area contributed by atoms with Gasteiger partial charge in [-0.15, -0.1) is 11.8 Å². The molecule has 12 nitrogen and oxygen atoms in total. The van der Waals surface area contributed by atoms with E-state index in [9.17, 15) is 34.2 Å². The summed E-state index contributed by atoms with van der Waals surface area (Å²) in [5.41, 5.74) is 1.31. The van der Waals surface area contributed by atoms with Gasteiger partial charge in [0.15, 0.2) is 0 Å². The zero-order valence-electron chi connectivity index (χ0n) is 21.3. The number of phenolic OH excluding ortho intramolecular Hbond substituents is 1. The van der Waals surface area contributed by atoms with E-state index in [2.05, 4.69) is 15.6 Å². The van der Waals surface area contributed by atoms with Crippen LogP contribution in [0.1, 0.15) is 57.6 Å². The number of aromatic hydroxyl groups is 1. The van der Waals surface area contributed by atoms with Crippen LogP contribution in [0.3, 0.4) is 0 Å². The number of carbonyl (C=O) groups excluding carboxylic acids is 5. The molecule has 0 aliphatic carbocycles. The molecule has 13 heteroatoms. The van der Waals surface area contributed by atoms with Crippen molar-refractivity contribution >= 4 is 41.4 Å². The maximum absolute atomic E-state index is 13.4. The van der Waals surface area contributed by atoms with Gasteiger partial charge in [-0.25, -0.2) is 4.79 Å². The fourth-order valence-corrected chi connectivity index (χ4v) is 6.54. The minimum absolute atomic E-state index is 0.0512. The highest BCUT2D eigenvalue weighted by Gasteiger charge is 2.62. The van der Waals surface area contributed by atoms with Crippen LogP contribution in [0.2, 0.25) is 0 Å². The van der Waals surface area contributed by atoms with E-state index in [4.69, 9.17) is 4.74 Å². The number of amides is 3. The second-order valence-corrected chi connectivity index (χ2v) is 11.5. The summed E-state index contributed by atoms with van der Waals surface area (Å²) in [6.45, 7) is 6.54. The van der Waals surface area contributed by atoms with Gasteiger partial charge >= 0.3 is 5.97 Å². The average Bonchev–Trinajstić information content (AvgIpc) is 3.30. The van der Waals surface area contributed by atoms with Crippen molar-refractivity contribution in [1.29, 1.82) is 0 Å². The Morgan fingerprint density at radius 2 is 1.82 bits per heavy atom. The van der Waals surface area contributed by atoms with Crippen LogP contribution in [-0.4, -0.2) is 74.0 Å². The molecule has 38 heavy (non-hydrogen) atoms. The fourth-order valence-electron chi connectivity index (χ4n) is 4.92. The molecule has 1 aromatic carbocycles. The number of H-pyrrole nitrogens is 1. The van der Waals surface area contributed by atoms with E-state index in [1.54, 1.807) is 27.7 Å². The number of rotatable bonds is 7. The standard InChI is InChI=1S/C25H28N4O8S/c1-10-14(24(36)37-5)11(2)26-15(10)19(31)27-16(12-6-8-13(30)9-7-12)20(32)28-17-21(33)29-18(23(34)35)25(3,4)38-22(17)29/h6-9,16-18,22,26,30H,1-5H3,(H,27,31)(H,28,32)(H,34,35)/p-1/t16?,17-,18+,22-/m1/s1. The quantitative estimate of drug-likeness (QED) is 0.274. The summed E-state index contributed by atoms with van der Waals surface area (Å²) in [6.07, 6.45) is 0. The number of hydrogen-bond acceptors (Lipinski definition) is 9. The highest BCUT2D eigenvalue weighted by Crippen LogP contribution is 2.50. The van der Waals surface area contributed by atoms with Gasteiger partial charge in [-0.3, -0.25) is 14.4 Å². The molecule has 0 saturated carbocycles. The molecule has 4 N–H and O–H groups in total. The number of aryl methyl sites for hydroxylation is 1. The van der Waals surface area contributed by atoms with Crippen LogP contribution in [0.25, 0.3) is 0 Å². The highest BCUT2D eigenvalue weighted by molar-refractivity contribution is 8.01. The van der Waals surface area contributed by atoms with Crippen LogP contribution in [-0.2, 0) is 19.1 Å². The number of β-lactam (4-membered cyclic amide) rings is 1. The van der Waals surface area contributed by atoms with Crippen LogP contribution < -0.4 is 15.7 Å². The van der Waals surface area contributed by atoms with Crippen molar-refractivity contribution < 1.29 is 38.9 Å². The van der Waals surface area contributed by atoms with E-state index in [0.717, 1.165) is 0 Å². The third-order valence-corrected chi connectivity index (χ3v) is 8.35. The monoisotopic (exact) mass is 543 g/mol. The number of ether oxygens (including phenoxy) is 1. The molecule has 2 saturated heterocycles. The van der Waals surface area contributed by atoms with E-state index in [1.165, 1.54) is 48.0 Å². The van der Waals surface area contributed by atoms with Gasteiger partial charge in [0, 0.05) is 10.4 Å². The van der Waals surface area contributed by atoms with Gasteiger partial charge in [-0.2, -0.15) is 0 Å². The molecule has 4 atom stereocenters. The zero-order valence-corrected chi connectivity index (χ0v) is 22.1. The van der Waals surface area contributed by atoms with Crippen molar-refractivity contribution in [2.75, 3.05) is 7.11 Å². The molecule has 2 fully saturated rings. The molecule has 4 rings (SSSR count). The Balaban J connectivity index is 1.59. The first kappa shape index (κ1) is 27.0. The highest BCUT2D eigenvalue weighted by atomic mass is 32.2. The molecule has 3 amide bonds. The topological polar surface area (TPSA) is 181 Å². The summed E-state index contributed by atoms with van der Waals surface area (Å²) in [5.74, 6) is -4.02. The minimum atomic E-state index is -1.37. The van der Waals surface area contributed by atoms with E-state index in [1.807, 2.05) is 0 Å². The van der Waals surface area contributed by atoms with Gasteiger partial charge in [0.2, 0.25) is 11.8 Å². The number of carboxylic acid groups (broad SMARTS) is 1. The maximum atomic E-state index is 13.4. The summed E-state index contributed by atoms with van der Waals surface area (Å²) >= 11 is 1.24. The number of benzene rings is 1. The largest absolute Gasteiger partial charge is 0.548 e. The number of nitrogens with zero attached hydrogens (tertiary/aromatic N) is 1. The summed E-state index contributed by atoms with van der Waals surface area (Å²) in [4.78, 5) is 67.4. The van der Waals surface area contributed by atoms with Crippen molar-refractivity contribution in [2.24, 2.45) is 0 Å². The van der Waals surface area contributed by atoms with Crippen LogP contribution >= 0.6 is 11.8 Å². The number of aliphatic carboxylic acids is 1. The number of fused-ring (bicyclic) bond motifs is 1. The van der Waals surface area contributed by atoms with Gasteiger partial charge < -0.3 is 40.3 Å². The number of hydrogen-bond donors (Lipinski definition) is 4. The Labute approximate surface area is 222 Å². The maximum Gasteiger partial charge on any atom is 0.339 e. The number of esters is 1. The number of aromatic amines is 1. The third-order valence-electron chi connectivity index (χ3n) is 6.78. The lowest BCUT2D eigenvalue weighted by Crippen LogP contribution is -2.72. The van der Waals surface area contributed by atoms with Gasteiger partial charge in [-0.05, 0) is 51.0 Å². The Bertz CT molecular complexity index is 1340. The predicted molar refractivity (Wildman–Crippen MR) is 133 cm³/mol. The number of thioether (sulfide) groups is 1. The smallest absolute Gasteiger partial charge is 0.339 e. The molecule has 2 aliphatic rings. The van der Waals surface area contributed by atoms with Crippen molar-refractivity contribution in [3.63, 3.8) is 0 Å². The van der Waals surface area contributed by atoms with Gasteiger partial charge in [-0.1, -0.05) is 12.1 Å². The Morgan fingerprint density at radius 1 is 1.18 bits per heavy atom. The lowest BCUT2D eigenvalue weighted by molar-refractivity contribution is -0.312. The van der Waals surface area contributed by atoms with Crippen molar-refractivity contribution in [2.45, 2.75) is 55.9 Å². The van der Waals surface area contributed by atoms with E-state index < -0.39 is 57.9 Å². The molecule has 0 bridgehead atoms. The third kappa shape index (κ3) is 4.46. The minimum Gasteiger partial charge on any atom is -0.548 e. The normalized spacial score (nSPS) is 22.2. The number of carboxylic acids is 1. The van der Waals surface area contributed by atoms with Gasteiger partial charge in [0.05, 0.1) is 24.7 Å².